The van der Waals surface area contributed by atoms with Crippen LogP contribution in [0.1, 0.15) is 12.8 Å². The van der Waals surface area contributed by atoms with Gasteiger partial charge in [-0.15, -0.1) is 12.4 Å². The minimum Gasteiger partial charge on any atom is -0.308 e. The van der Waals surface area contributed by atoms with Gasteiger partial charge in [-0.1, -0.05) is 40.9 Å². The molecular weight excluding hydrogens is 454 g/mol. The maximum Gasteiger partial charge on any atom is 0.228 e. The first kappa shape index (κ1) is 22.2. The number of fused-ring (bicyclic) bond motifs is 1. The minimum absolute atomic E-state index is 0. The lowest BCUT2D eigenvalue weighted by Crippen LogP contribution is -2.36. The van der Waals surface area contributed by atoms with Crippen molar-refractivity contribution in [2.45, 2.75) is 12.8 Å². The Morgan fingerprint density at radius 2 is 1.79 bits per heavy atom. The zero-order valence-electron chi connectivity index (χ0n) is 15.6. The molecule has 0 spiro atoms. The molecular formula is C20H20Cl4N4O. The number of nitrogens with one attached hydrogen (secondary N) is 2. The summed E-state index contributed by atoms with van der Waals surface area (Å²) in [5.41, 5.74) is 2.35. The predicted octanol–water partition coefficient (Wildman–Crippen LogP) is 5.89. The van der Waals surface area contributed by atoms with Gasteiger partial charge in [0.25, 0.3) is 0 Å². The normalized spacial score (nSPS) is 15.3. The van der Waals surface area contributed by atoms with Crippen molar-refractivity contribution in [3.05, 3.63) is 45.4 Å². The molecule has 1 aliphatic heterocycles. The number of rotatable bonds is 3. The van der Waals surface area contributed by atoms with Gasteiger partial charge >= 0.3 is 0 Å². The summed E-state index contributed by atoms with van der Waals surface area (Å²) in [4.78, 5) is 14.9. The molecule has 154 valence electrons. The van der Waals surface area contributed by atoms with Crippen LogP contribution in [-0.2, 0) is 4.79 Å². The lowest BCUT2D eigenvalue weighted by Gasteiger charge is -2.27. The van der Waals surface area contributed by atoms with E-state index in [4.69, 9.17) is 34.8 Å². The standard InChI is InChI=1S/C20H19Cl3N4O.ClH/c1-27-6-4-11(5-7-27)20(28)24-19-14-8-12(2-3-17(14)25-26-19)18-15(22)9-13(21)10-16(18)23;/h2-3,8-11H,4-7H2,1H3,(H2,24,25,26,28);1H. The van der Waals surface area contributed by atoms with E-state index >= 15 is 0 Å². The predicted molar refractivity (Wildman–Crippen MR) is 123 cm³/mol. The van der Waals surface area contributed by atoms with Crippen molar-refractivity contribution in [3.63, 3.8) is 0 Å². The molecule has 5 nitrogen and oxygen atoms in total. The van der Waals surface area contributed by atoms with Crippen LogP contribution in [0.3, 0.4) is 0 Å². The molecule has 2 heterocycles. The number of benzene rings is 2. The highest BCUT2D eigenvalue weighted by Crippen LogP contribution is 2.39. The highest BCUT2D eigenvalue weighted by atomic mass is 35.5. The van der Waals surface area contributed by atoms with Crippen LogP contribution in [-0.4, -0.2) is 41.1 Å². The van der Waals surface area contributed by atoms with E-state index < -0.39 is 0 Å². The van der Waals surface area contributed by atoms with E-state index in [-0.39, 0.29) is 24.2 Å². The number of hydrogen-bond donors (Lipinski definition) is 2. The lowest BCUT2D eigenvalue weighted by molar-refractivity contribution is -0.121. The summed E-state index contributed by atoms with van der Waals surface area (Å²) in [5.74, 6) is 0.530. The number of carbonyl (C=O) groups excluding carboxylic acids is 1. The molecule has 4 rings (SSSR count). The van der Waals surface area contributed by atoms with Gasteiger partial charge in [0, 0.05) is 21.9 Å². The summed E-state index contributed by atoms with van der Waals surface area (Å²) in [6.07, 6.45) is 1.71. The number of H-pyrrole nitrogens is 1. The second kappa shape index (κ2) is 9.11. The van der Waals surface area contributed by atoms with Crippen LogP contribution in [0.25, 0.3) is 22.0 Å². The first-order valence-electron chi connectivity index (χ1n) is 9.05. The molecule has 3 aromatic rings. The summed E-state index contributed by atoms with van der Waals surface area (Å²) >= 11 is 18.7. The average Bonchev–Trinajstić information content (AvgIpc) is 3.04. The van der Waals surface area contributed by atoms with Crippen LogP contribution in [0.5, 0.6) is 0 Å². The third-order valence-corrected chi connectivity index (χ3v) is 6.00. The van der Waals surface area contributed by atoms with Gasteiger partial charge < -0.3 is 10.2 Å². The number of piperidine rings is 1. The van der Waals surface area contributed by atoms with Crippen LogP contribution < -0.4 is 5.32 Å². The topological polar surface area (TPSA) is 61.0 Å². The van der Waals surface area contributed by atoms with Crippen molar-refractivity contribution in [2.75, 3.05) is 25.5 Å². The van der Waals surface area contributed by atoms with Crippen LogP contribution in [0.15, 0.2) is 30.3 Å². The number of anilines is 1. The van der Waals surface area contributed by atoms with Crippen LogP contribution >= 0.6 is 47.2 Å². The molecule has 0 radical (unpaired) electrons. The van der Waals surface area contributed by atoms with E-state index in [2.05, 4.69) is 27.5 Å². The lowest BCUT2D eigenvalue weighted by atomic mass is 9.96. The van der Waals surface area contributed by atoms with Crippen molar-refractivity contribution >= 4 is 69.8 Å². The molecule has 0 saturated carbocycles. The van der Waals surface area contributed by atoms with Gasteiger partial charge in [0.1, 0.15) is 0 Å². The molecule has 0 atom stereocenters. The molecule has 1 aliphatic rings. The van der Waals surface area contributed by atoms with E-state index in [0.717, 1.165) is 42.4 Å². The Bertz CT molecular complexity index is 1020. The molecule has 0 aliphatic carbocycles. The Morgan fingerprint density at radius 3 is 2.45 bits per heavy atom. The summed E-state index contributed by atoms with van der Waals surface area (Å²) in [6.45, 7) is 1.86. The Kier molecular flexibility index (Phi) is 6.97. The van der Waals surface area contributed by atoms with Crippen molar-refractivity contribution < 1.29 is 4.79 Å². The summed E-state index contributed by atoms with van der Waals surface area (Å²) in [5, 5.41) is 12.5. The Labute approximate surface area is 190 Å². The van der Waals surface area contributed by atoms with Crippen molar-refractivity contribution in [1.82, 2.24) is 15.1 Å². The van der Waals surface area contributed by atoms with Gasteiger partial charge in [0.2, 0.25) is 5.91 Å². The number of hydrogen-bond acceptors (Lipinski definition) is 3. The number of nitrogens with zero attached hydrogens (tertiary/aromatic N) is 2. The highest BCUT2D eigenvalue weighted by molar-refractivity contribution is 6.41. The van der Waals surface area contributed by atoms with Crippen LogP contribution in [0, 0.1) is 5.92 Å². The molecule has 9 heteroatoms. The maximum atomic E-state index is 12.7. The highest BCUT2D eigenvalue weighted by Gasteiger charge is 2.24. The Hall–Kier alpha value is -1.50. The van der Waals surface area contributed by atoms with E-state index in [1.807, 2.05) is 18.2 Å². The molecule has 1 fully saturated rings. The zero-order chi connectivity index (χ0) is 19.8. The van der Waals surface area contributed by atoms with Gasteiger partial charge in [0.15, 0.2) is 5.82 Å². The molecule has 1 saturated heterocycles. The molecule has 29 heavy (non-hydrogen) atoms. The number of aromatic nitrogens is 2. The molecule has 2 N–H and O–H groups in total. The van der Waals surface area contributed by atoms with Gasteiger partial charge in [0.05, 0.1) is 15.6 Å². The fourth-order valence-corrected chi connectivity index (χ4v) is 4.61. The molecule has 1 amide bonds. The van der Waals surface area contributed by atoms with Gasteiger partial charge in [-0.3, -0.25) is 9.89 Å². The Balaban J connectivity index is 0.00000240. The number of amides is 1. The van der Waals surface area contributed by atoms with E-state index in [0.29, 0.717) is 26.4 Å². The smallest absolute Gasteiger partial charge is 0.228 e. The maximum absolute atomic E-state index is 12.7. The SMILES string of the molecule is CN1CCC(C(=O)Nc2n[nH]c3ccc(-c4c(Cl)cc(Cl)cc4Cl)cc23)CC1.Cl. The van der Waals surface area contributed by atoms with E-state index in [1.165, 1.54) is 0 Å². The summed E-state index contributed by atoms with van der Waals surface area (Å²) in [7, 11) is 2.07. The Morgan fingerprint density at radius 1 is 1.14 bits per heavy atom. The van der Waals surface area contributed by atoms with Crippen molar-refractivity contribution in [2.24, 2.45) is 5.92 Å². The van der Waals surface area contributed by atoms with Gasteiger partial charge in [-0.25, -0.2) is 0 Å². The quantitative estimate of drug-likeness (QED) is 0.498. The fourth-order valence-electron chi connectivity index (χ4n) is 3.57. The van der Waals surface area contributed by atoms with E-state index in [9.17, 15) is 4.79 Å². The molecule has 0 bridgehead atoms. The molecule has 0 unspecified atom stereocenters. The molecule has 2 aromatic carbocycles. The summed E-state index contributed by atoms with van der Waals surface area (Å²) < 4.78 is 0. The largest absolute Gasteiger partial charge is 0.308 e. The van der Waals surface area contributed by atoms with Gasteiger partial charge in [-0.05, 0) is 62.8 Å². The second-order valence-electron chi connectivity index (χ2n) is 7.14. The van der Waals surface area contributed by atoms with Crippen LogP contribution in [0.2, 0.25) is 15.1 Å². The zero-order valence-corrected chi connectivity index (χ0v) is 18.7. The number of carbonyl (C=O) groups is 1. The minimum atomic E-state index is 0. The monoisotopic (exact) mass is 472 g/mol. The summed E-state index contributed by atoms with van der Waals surface area (Å²) in [6, 6.07) is 9.04. The fraction of sp³-hybridized carbons (Fsp3) is 0.300. The first-order chi connectivity index (χ1) is 13.4. The second-order valence-corrected chi connectivity index (χ2v) is 8.39. The van der Waals surface area contributed by atoms with Gasteiger partial charge in [-0.2, -0.15) is 5.10 Å². The number of aromatic amines is 1. The first-order valence-corrected chi connectivity index (χ1v) is 10.2. The van der Waals surface area contributed by atoms with Crippen molar-refractivity contribution in [3.8, 4) is 11.1 Å². The number of halogens is 4. The van der Waals surface area contributed by atoms with E-state index in [1.54, 1.807) is 12.1 Å². The van der Waals surface area contributed by atoms with Crippen LogP contribution in [0.4, 0.5) is 5.82 Å². The number of likely N-dealkylation sites (tertiary alicyclic amines) is 1. The average molecular weight is 474 g/mol. The van der Waals surface area contributed by atoms with Crippen molar-refractivity contribution in [1.29, 1.82) is 0 Å². The third kappa shape index (κ3) is 4.65. The molecule has 1 aromatic heterocycles. The third-order valence-electron chi connectivity index (χ3n) is 5.19.